The van der Waals surface area contributed by atoms with E-state index in [1.807, 2.05) is 32.0 Å². The second-order valence-corrected chi connectivity index (χ2v) is 5.81. The number of hydrogen-bond acceptors (Lipinski definition) is 2. The highest BCUT2D eigenvalue weighted by Crippen LogP contribution is 2.23. The van der Waals surface area contributed by atoms with Crippen molar-refractivity contribution in [1.29, 1.82) is 0 Å². The van der Waals surface area contributed by atoms with E-state index < -0.39 is 0 Å². The first-order valence-electron chi connectivity index (χ1n) is 7.26. The highest BCUT2D eigenvalue weighted by Gasteiger charge is 2.15. The van der Waals surface area contributed by atoms with Crippen LogP contribution in [-0.2, 0) is 13.1 Å². The molecule has 3 nitrogen and oxygen atoms in total. The minimum Gasteiger partial charge on any atom is -0.322 e. The molecule has 0 bridgehead atoms. The molecule has 0 atom stereocenters. The average molecular weight is 317 g/mol. The summed E-state index contributed by atoms with van der Waals surface area (Å²) < 4.78 is 0. The summed E-state index contributed by atoms with van der Waals surface area (Å²) in [5, 5.41) is 6.35. The molecular weight excluding hydrogens is 296 g/mol. The van der Waals surface area contributed by atoms with Gasteiger partial charge in [0.2, 0.25) is 0 Å². The lowest BCUT2D eigenvalue weighted by Crippen LogP contribution is -2.14. The highest BCUT2D eigenvalue weighted by molar-refractivity contribution is 6.05. The van der Waals surface area contributed by atoms with Crippen LogP contribution >= 0.6 is 12.4 Å². The number of fused-ring (bicyclic) bond motifs is 1. The zero-order chi connectivity index (χ0) is 15.0. The van der Waals surface area contributed by atoms with E-state index in [4.69, 9.17) is 0 Å². The zero-order valence-electron chi connectivity index (χ0n) is 13.1. The molecule has 2 N–H and O–H groups in total. The van der Waals surface area contributed by atoms with Gasteiger partial charge in [-0.05, 0) is 55.2 Å². The van der Waals surface area contributed by atoms with Gasteiger partial charge in [-0.3, -0.25) is 4.79 Å². The van der Waals surface area contributed by atoms with E-state index in [0.29, 0.717) is 0 Å². The summed E-state index contributed by atoms with van der Waals surface area (Å²) in [5.41, 5.74) is 7.56. The number of nitrogens with one attached hydrogen (secondary N) is 2. The largest absolute Gasteiger partial charge is 0.322 e. The standard InChI is InChI=1S/C18H20N2O.ClH/c1-11-6-12(2)17(13(3)7-11)20-18(21)14-4-5-15-9-19-10-16(15)8-14;/h4-8,19H,9-10H2,1-3H3,(H,20,21);1H. The van der Waals surface area contributed by atoms with Crippen LogP contribution in [0.5, 0.6) is 0 Å². The third-order valence-corrected chi connectivity index (χ3v) is 4.01. The SMILES string of the molecule is Cc1cc(C)c(NC(=O)c2ccc3c(c2)CNC3)c(C)c1.Cl. The number of amides is 1. The van der Waals surface area contributed by atoms with Gasteiger partial charge in [0.1, 0.15) is 0 Å². The molecule has 116 valence electrons. The maximum Gasteiger partial charge on any atom is 0.255 e. The highest BCUT2D eigenvalue weighted by atomic mass is 35.5. The molecule has 0 fully saturated rings. The van der Waals surface area contributed by atoms with E-state index in [1.165, 1.54) is 16.7 Å². The zero-order valence-corrected chi connectivity index (χ0v) is 13.9. The molecule has 4 heteroatoms. The first-order valence-corrected chi connectivity index (χ1v) is 7.26. The van der Waals surface area contributed by atoms with Crippen molar-refractivity contribution < 1.29 is 4.79 Å². The summed E-state index contributed by atoms with van der Waals surface area (Å²) in [4.78, 5) is 12.5. The normalized spacial score (nSPS) is 12.5. The lowest BCUT2D eigenvalue weighted by molar-refractivity contribution is 0.102. The monoisotopic (exact) mass is 316 g/mol. The molecule has 2 aromatic rings. The van der Waals surface area contributed by atoms with Crippen molar-refractivity contribution >= 4 is 24.0 Å². The lowest BCUT2D eigenvalue weighted by atomic mass is 10.0. The minimum atomic E-state index is -0.0419. The molecular formula is C18H21ClN2O. The van der Waals surface area contributed by atoms with Crippen molar-refractivity contribution in [2.45, 2.75) is 33.9 Å². The summed E-state index contributed by atoms with van der Waals surface area (Å²) in [6.07, 6.45) is 0. The third kappa shape index (κ3) is 3.16. The minimum absolute atomic E-state index is 0. The Morgan fingerprint density at radius 2 is 1.64 bits per heavy atom. The first-order chi connectivity index (χ1) is 10.0. The fourth-order valence-electron chi connectivity index (χ4n) is 3.00. The molecule has 0 unspecified atom stereocenters. The molecule has 3 rings (SSSR count). The predicted octanol–water partition coefficient (Wildman–Crippen LogP) is 3.89. The number of rotatable bonds is 2. The van der Waals surface area contributed by atoms with Gasteiger partial charge in [0.25, 0.3) is 5.91 Å². The summed E-state index contributed by atoms with van der Waals surface area (Å²) in [5.74, 6) is -0.0419. The molecule has 0 spiro atoms. The molecule has 0 saturated carbocycles. The molecule has 1 aliphatic heterocycles. The number of anilines is 1. The maximum absolute atomic E-state index is 12.5. The van der Waals surface area contributed by atoms with E-state index in [2.05, 4.69) is 29.7 Å². The Balaban J connectivity index is 0.00000176. The summed E-state index contributed by atoms with van der Waals surface area (Å²) >= 11 is 0. The van der Waals surface area contributed by atoms with Crippen molar-refractivity contribution in [1.82, 2.24) is 5.32 Å². The Labute approximate surface area is 137 Å². The average Bonchev–Trinajstić information content (AvgIpc) is 2.89. The van der Waals surface area contributed by atoms with Crippen LogP contribution in [0.1, 0.15) is 38.2 Å². The Bertz CT molecular complexity index is 702. The topological polar surface area (TPSA) is 41.1 Å². The van der Waals surface area contributed by atoms with Gasteiger partial charge >= 0.3 is 0 Å². The third-order valence-electron chi connectivity index (χ3n) is 4.01. The number of benzene rings is 2. The molecule has 0 saturated heterocycles. The van der Waals surface area contributed by atoms with Crippen molar-refractivity contribution in [2.75, 3.05) is 5.32 Å². The Morgan fingerprint density at radius 1 is 1.00 bits per heavy atom. The van der Waals surface area contributed by atoms with Gasteiger partial charge in [0.15, 0.2) is 0 Å². The van der Waals surface area contributed by atoms with E-state index >= 15 is 0 Å². The van der Waals surface area contributed by atoms with Gasteiger partial charge in [0.05, 0.1) is 0 Å². The van der Waals surface area contributed by atoms with Crippen LogP contribution in [0.15, 0.2) is 30.3 Å². The van der Waals surface area contributed by atoms with Crippen molar-refractivity contribution in [3.05, 3.63) is 63.7 Å². The number of hydrogen-bond donors (Lipinski definition) is 2. The second kappa shape index (κ2) is 6.51. The Morgan fingerprint density at radius 3 is 2.32 bits per heavy atom. The summed E-state index contributed by atoms with van der Waals surface area (Å²) in [6.45, 7) is 7.87. The van der Waals surface area contributed by atoms with Crippen LogP contribution < -0.4 is 10.6 Å². The first kappa shape index (κ1) is 16.5. The summed E-state index contributed by atoms with van der Waals surface area (Å²) in [6, 6.07) is 10.1. The van der Waals surface area contributed by atoms with Crippen molar-refractivity contribution in [2.24, 2.45) is 0 Å². The lowest BCUT2D eigenvalue weighted by Gasteiger charge is -2.13. The van der Waals surface area contributed by atoms with Crippen LogP contribution in [-0.4, -0.2) is 5.91 Å². The molecule has 0 aromatic heterocycles. The van der Waals surface area contributed by atoms with Gasteiger partial charge in [-0.15, -0.1) is 12.4 Å². The van der Waals surface area contributed by atoms with Crippen LogP contribution in [0.2, 0.25) is 0 Å². The second-order valence-electron chi connectivity index (χ2n) is 5.81. The van der Waals surface area contributed by atoms with Crippen LogP contribution in [0.25, 0.3) is 0 Å². The van der Waals surface area contributed by atoms with E-state index in [0.717, 1.165) is 35.5 Å². The smallest absolute Gasteiger partial charge is 0.255 e. The van der Waals surface area contributed by atoms with Gasteiger partial charge in [0, 0.05) is 24.3 Å². The fourth-order valence-corrected chi connectivity index (χ4v) is 3.00. The fraction of sp³-hybridized carbons (Fsp3) is 0.278. The maximum atomic E-state index is 12.5. The Kier molecular flexibility index (Phi) is 4.89. The predicted molar refractivity (Wildman–Crippen MR) is 92.8 cm³/mol. The van der Waals surface area contributed by atoms with Gasteiger partial charge in [-0.2, -0.15) is 0 Å². The van der Waals surface area contributed by atoms with Crippen LogP contribution in [0.3, 0.4) is 0 Å². The van der Waals surface area contributed by atoms with Crippen molar-refractivity contribution in [3.63, 3.8) is 0 Å². The van der Waals surface area contributed by atoms with Gasteiger partial charge < -0.3 is 10.6 Å². The van der Waals surface area contributed by atoms with Crippen LogP contribution in [0.4, 0.5) is 5.69 Å². The molecule has 1 amide bonds. The quantitative estimate of drug-likeness (QED) is 0.882. The molecule has 1 heterocycles. The molecule has 0 radical (unpaired) electrons. The molecule has 22 heavy (non-hydrogen) atoms. The van der Waals surface area contributed by atoms with Gasteiger partial charge in [-0.1, -0.05) is 23.8 Å². The van der Waals surface area contributed by atoms with Gasteiger partial charge in [-0.25, -0.2) is 0 Å². The number of carbonyl (C=O) groups is 1. The summed E-state index contributed by atoms with van der Waals surface area (Å²) in [7, 11) is 0. The molecule has 0 aliphatic carbocycles. The number of carbonyl (C=O) groups excluding carboxylic acids is 1. The number of halogens is 1. The number of aryl methyl sites for hydroxylation is 3. The molecule has 1 aliphatic rings. The van der Waals surface area contributed by atoms with E-state index in [1.54, 1.807) is 0 Å². The van der Waals surface area contributed by atoms with E-state index in [-0.39, 0.29) is 18.3 Å². The van der Waals surface area contributed by atoms with Crippen molar-refractivity contribution in [3.8, 4) is 0 Å². The molecule has 2 aromatic carbocycles. The van der Waals surface area contributed by atoms with E-state index in [9.17, 15) is 4.79 Å². The Hall–Kier alpha value is -1.84. The van der Waals surface area contributed by atoms with Crippen LogP contribution in [0, 0.1) is 20.8 Å².